The van der Waals surface area contributed by atoms with E-state index < -0.39 is 0 Å². The van der Waals surface area contributed by atoms with Crippen molar-refractivity contribution >= 4 is 29.1 Å². The number of rotatable bonds is 8. The minimum atomic E-state index is -0.343. The van der Waals surface area contributed by atoms with Gasteiger partial charge < -0.3 is 20.1 Å². The molecule has 3 rings (SSSR count). The van der Waals surface area contributed by atoms with Crippen LogP contribution in [0.3, 0.4) is 0 Å². The summed E-state index contributed by atoms with van der Waals surface area (Å²) in [6, 6.07) is 14.0. The third kappa shape index (κ3) is 5.47. The van der Waals surface area contributed by atoms with Crippen LogP contribution in [0.2, 0.25) is 0 Å². The van der Waals surface area contributed by atoms with Gasteiger partial charge in [-0.25, -0.2) is 0 Å². The van der Waals surface area contributed by atoms with Crippen LogP contribution in [0.1, 0.15) is 13.3 Å². The van der Waals surface area contributed by atoms with Crippen LogP contribution in [-0.2, 0) is 14.4 Å². The summed E-state index contributed by atoms with van der Waals surface area (Å²) in [7, 11) is 0. The number of hydrogen-bond acceptors (Lipinski definition) is 5. The Labute approximate surface area is 168 Å². The van der Waals surface area contributed by atoms with Crippen LogP contribution in [0, 0.1) is 0 Å². The molecule has 8 heteroatoms. The van der Waals surface area contributed by atoms with E-state index in [9.17, 15) is 14.4 Å². The minimum absolute atomic E-state index is 0.107. The van der Waals surface area contributed by atoms with Crippen molar-refractivity contribution in [1.82, 2.24) is 5.32 Å². The zero-order valence-electron chi connectivity index (χ0n) is 16.1. The zero-order valence-corrected chi connectivity index (χ0v) is 16.1. The number of ether oxygens (including phenoxy) is 2. The number of fused-ring (bicyclic) bond motifs is 1. The first-order valence-corrected chi connectivity index (χ1v) is 9.38. The Kier molecular flexibility index (Phi) is 6.67. The van der Waals surface area contributed by atoms with Crippen molar-refractivity contribution in [2.45, 2.75) is 13.3 Å². The Morgan fingerprint density at radius 3 is 2.69 bits per heavy atom. The van der Waals surface area contributed by atoms with E-state index in [4.69, 9.17) is 9.47 Å². The molecule has 152 valence electrons. The molecule has 0 unspecified atom stereocenters. The van der Waals surface area contributed by atoms with Crippen LogP contribution >= 0.6 is 0 Å². The van der Waals surface area contributed by atoms with Gasteiger partial charge in [-0.1, -0.05) is 25.1 Å². The topological polar surface area (TPSA) is 97.0 Å². The maximum absolute atomic E-state index is 12.3. The molecular weight excluding hydrogens is 374 g/mol. The summed E-state index contributed by atoms with van der Waals surface area (Å²) in [5, 5.41) is 5.48. The molecule has 2 aromatic carbocycles. The van der Waals surface area contributed by atoms with Gasteiger partial charge in [0.05, 0.1) is 5.69 Å². The van der Waals surface area contributed by atoms with Crippen LogP contribution in [-0.4, -0.2) is 44.0 Å². The Bertz CT molecular complexity index is 885. The average Bonchev–Trinajstić information content (AvgIpc) is 2.73. The van der Waals surface area contributed by atoms with Crippen LogP contribution in [0.15, 0.2) is 48.5 Å². The molecule has 0 spiro atoms. The fraction of sp³-hybridized carbons (Fsp3) is 0.286. The molecule has 1 aliphatic heterocycles. The molecule has 0 fully saturated rings. The number of amides is 3. The van der Waals surface area contributed by atoms with Crippen molar-refractivity contribution in [3.63, 3.8) is 0 Å². The van der Waals surface area contributed by atoms with Gasteiger partial charge in [0.1, 0.15) is 18.0 Å². The van der Waals surface area contributed by atoms with Gasteiger partial charge in [0, 0.05) is 12.2 Å². The number of nitrogens with zero attached hydrogens (tertiary/aromatic N) is 1. The van der Waals surface area contributed by atoms with E-state index in [0.29, 0.717) is 29.4 Å². The van der Waals surface area contributed by atoms with E-state index in [2.05, 4.69) is 10.6 Å². The standard InChI is InChI=1S/C21H23N3O5/c1-2-10-22-19(25)12-24-17-11-15(8-9-18(17)29-14-21(24)27)23-20(26)13-28-16-6-4-3-5-7-16/h3-9,11H,2,10,12-14H2,1H3,(H,22,25)(H,23,26). The highest BCUT2D eigenvalue weighted by Gasteiger charge is 2.27. The quantitative estimate of drug-likeness (QED) is 0.710. The molecule has 2 N–H and O–H groups in total. The number of para-hydroxylation sites is 1. The molecule has 3 amide bonds. The average molecular weight is 397 g/mol. The van der Waals surface area contributed by atoms with E-state index in [0.717, 1.165) is 6.42 Å². The molecule has 0 aliphatic carbocycles. The summed E-state index contributed by atoms with van der Waals surface area (Å²) in [5.41, 5.74) is 0.914. The van der Waals surface area contributed by atoms with E-state index in [1.807, 2.05) is 25.1 Å². The third-order valence-corrected chi connectivity index (χ3v) is 4.17. The number of anilines is 2. The lowest BCUT2D eigenvalue weighted by atomic mass is 10.2. The molecule has 1 heterocycles. The Morgan fingerprint density at radius 1 is 1.14 bits per heavy atom. The second-order valence-electron chi connectivity index (χ2n) is 6.45. The number of nitrogens with one attached hydrogen (secondary N) is 2. The van der Waals surface area contributed by atoms with Crippen molar-refractivity contribution in [2.75, 3.05) is 36.5 Å². The molecule has 0 bridgehead atoms. The maximum Gasteiger partial charge on any atom is 0.265 e. The summed E-state index contributed by atoms with van der Waals surface area (Å²) in [6.45, 7) is 2.10. The van der Waals surface area contributed by atoms with Gasteiger partial charge in [-0.05, 0) is 36.8 Å². The van der Waals surface area contributed by atoms with Gasteiger partial charge in [0.25, 0.3) is 11.8 Å². The molecule has 0 atom stereocenters. The van der Waals surface area contributed by atoms with Crippen LogP contribution in [0.5, 0.6) is 11.5 Å². The molecule has 1 aliphatic rings. The van der Waals surface area contributed by atoms with E-state index in [1.165, 1.54) is 4.90 Å². The van der Waals surface area contributed by atoms with E-state index in [-0.39, 0.29) is 37.5 Å². The van der Waals surface area contributed by atoms with E-state index in [1.54, 1.807) is 30.3 Å². The fourth-order valence-corrected chi connectivity index (χ4v) is 2.78. The van der Waals surface area contributed by atoms with E-state index >= 15 is 0 Å². The maximum atomic E-state index is 12.3. The highest BCUT2D eigenvalue weighted by Crippen LogP contribution is 2.34. The summed E-state index contributed by atoms with van der Waals surface area (Å²) < 4.78 is 10.9. The predicted octanol–water partition coefficient (Wildman–Crippen LogP) is 1.96. The van der Waals surface area contributed by atoms with Gasteiger partial charge in [-0.3, -0.25) is 19.3 Å². The molecule has 0 aromatic heterocycles. The predicted molar refractivity (Wildman–Crippen MR) is 108 cm³/mol. The SMILES string of the molecule is CCCNC(=O)CN1C(=O)COc2ccc(NC(=O)COc3ccccc3)cc21. The normalized spacial score (nSPS) is 12.6. The summed E-state index contributed by atoms with van der Waals surface area (Å²) in [6.07, 6.45) is 0.806. The summed E-state index contributed by atoms with van der Waals surface area (Å²) in [4.78, 5) is 37.9. The molecule has 29 heavy (non-hydrogen) atoms. The van der Waals surface area contributed by atoms with Gasteiger partial charge in [-0.15, -0.1) is 0 Å². The molecule has 8 nitrogen and oxygen atoms in total. The summed E-state index contributed by atoms with van der Waals surface area (Å²) in [5.74, 6) is 0.158. The number of benzene rings is 2. The van der Waals surface area contributed by atoms with Crippen LogP contribution in [0.25, 0.3) is 0 Å². The molecular formula is C21H23N3O5. The lowest BCUT2D eigenvalue weighted by Gasteiger charge is -2.29. The highest BCUT2D eigenvalue weighted by atomic mass is 16.5. The van der Waals surface area contributed by atoms with Crippen LogP contribution in [0.4, 0.5) is 11.4 Å². The first-order valence-electron chi connectivity index (χ1n) is 9.38. The second-order valence-corrected chi connectivity index (χ2v) is 6.45. The minimum Gasteiger partial charge on any atom is -0.484 e. The van der Waals surface area contributed by atoms with Crippen molar-refractivity contribution in [2.24, 2.45) is 0 Å². The molecule has 0 saturated carbocycles. The first kappa shape index (κ1) is 20.2. The van der Waals surface area contributed by atoms with Gasteiger partial charge in [-0.2, -0.15) is 0 Å². The van der Waals surface area contributed by atoms with Gasteiger partial charge in [0.15, 0.2) is 13.2 Å². The fourth-order valence-electron chi connectivity index (χ4n) is 2.78. The molecule has 0 saturated heterocycles. The Balaban J connectivity index is 1.67. The van der Waals surface area contributed by atoms with Crippen molar-refractivity contribution in [3.05, 3.63) is 48.5 Å². The van der Waals surface area contributed by atoms with Gasteiger partial charge >= 0.3 is 0 Å². The second kappa shape index (κ2) is 9.59. The van der Waals surface area contributed by atoms with Crippen molar-refractivity contribution < 1.29 is 23.9 Å². The zero-order chi connectivity index (χ0) is 20.6. The summed E-state index contributed by atoms with van der Waals surface area (Å²) >= 11 is 0. The van der Waals surface area contributed by atoms with Crippen LogP contribution < -0.4 is 25.0 Å². The lowest BCUT2D eigenvalue weighted by molar-refractivity contribution is -0.125. The third-order valence-electron chi connectivity index (χ3n) is 4.17. The van der Waals surface area contributed by atoms with Crippen molar-refractivity contribution in [1.29, 1.82) is 0 Å². The monoisotopic (exact) mass is 397 g/mol. The Morgan fingerprint density at radius 2 is 1.93 bits per heavy atom. The largest absolute Gasteiger partial charge is 0.484 e. The first-order chi connectivity index (χ1) is 14.1. The number of hydrogen-bond donors (Lipinski definition) is 2. The molecule has 0 radical (unpaired) electrons. The Hall–Kier alpha value is -3.55. The number of carbonyl (C=O) groups is 3. The molecule has 2 aromatic rings. The lowest BCUT2D eigenvalue weighted by Crippen LogP contribution is -2.45. The van der Waals surface area contributed by atoms with Crippen molar-refractivity contribution in [3.8, 4) is 11.5 Å². The van der Waals surface area contributed by atoms with Gasteiger partial charge in [0.2, 0.25) is 5.91 Å². The smallest absolute Gasteiger partial charge is 0.265 e. The number of carbonyl (C=O) groups excluding carboxylic acids is 3. The highest BCUT2D eigenvalue weighted by molar-refractivity contribution is 6.03.